The van der Waals surface area contributed by atoms with Crippen LogP contribution in [0.4, 0.5) is 8.78 Å². The third kappa shape index (κ3) is 5.30. The molecule has 2 heterocycles. The van der Waals surface area contributed by atoms with Crippen molar-refractivity contribution in [1.82, 2.24) is 14.0 Å². The lowest BCUT2D eigenvalue weighted by molar-refractivity contribution is -0.119. The van der Waals surface area contributed by atoms with Crippen LogP contribution in [0.15, 0.2) is 46.0 Å². The Morgan fingerprint density at radius 2 is 1.81 bits per heavy atom. The van der Waals surface area contributed by atoms with Gasteiger partial charge in [0.15, 0.2) is 17.6 Å². The first-order valence-electron chi connectivity index (χ1n) is 11.9. The summed E-state index contributed by atoms with van der Waals surface area (Å²) in [6, 6.07) is 9.15. The fourth-order valence-corrected chi connectivity index (χ4v) is 4.68. The minimum atomic E-state index is -1.29. The number of carbonyl (C=O) groups excluding carboxylic acids is 1. The number of fused-ring (bicyclic) bond motifs is 1. The smallest absolute Gasteiger partial charge is 0.332 e. The number of halogens is 2. The van der Waals surface area contributed by atoms with Crippen molar-refractivity contribution in [2.75, 3.05) is 40.7 Å². The van der Waals surface area contributed by atoms with Crippen molar-refractivity contribution in [3.05, 3.63) is 62.8 Å². The molecule has 0 spiro atoms. The highest BCUT2D eigenvalue weighted by Crippen LogP contribution is 2.28. The zero-order valence-electron chi connectivity index (χ0n) is 20.7. The zero-order chi connectivity index (χ0) is 26.5. The number of aromatic nitrogens is 2. The molecule has 1 aromatic heterocycles. The summed E-state index contributed by atoms with van der Waals surface area (Å²) >= 11 is 0. The molecule has 1 unspecified atom stereocenters. The van der Waals surface area contributed by atoms with Crippen molar-refractivity contribution in [3.8, 4) is 17.2 Å². The zero-order valence-corrected chi connectivity index (χ0v) is 20.7. The number of likely N-dealkylation sites (tertiary alicyclic amines) is 1. The molecule has 0 bridgehead atoms. The van der Waals surface area contributed by atoms with Crippen LogP contribution in [0, 0.1) is 0 Å². The van der Waals surface area contributed by atoms with Gasteiger partial charge in [-0.25, -0.2) is 13.6 Å². The molecule has 1 aliphatic rings. The third-order valence-electron chi connectivity index (χ3n) is 6.52. The van der Waals surface area contributed by atoms with Crippen LogP contribution in [-0.4, -0.2) is 67.2 Å². The molecule has 1 saturated heterocycles. The molecule has 0 radical (unpaired) electrons. The number of alkyl halides is 2. The Bertz CT molecular complexity index is 1390. The van der Waals surface area contributed by atoms with Crippen LogP contribution in [0.5, 0.6) is 17.2 Å². The van der Waals surface area contributed by atoms with E-state index in [1.807, 2.05) is 0 Å². The van der Waals surface area contributed by atoms with Gasteiger partial charge in [0.05, 0.1) is 37.7 Å². The number of rotatable bonds is 10. The van der Waals surface area contributed by atoms with Gasteiger partial charge in [-0.05, 0) is 48.7 Å². The van der Waals surface area contributed by atoms with Gasteiger partial charge in [0.25, 0.3) is 5.56 Å². The van der Waals surface area contributed by atoms with Gasteiger partial charge in [-0.3, -0.25) is 18.7 Å². The molecule has 0 saturated carbocycles. The molecule has 11 heteroatoms. The molecular weight excluding hydrogens is 488 g/mol. The number of amides is 1. The molecule has 2 aromatic carbocycles. The lowest BCUT2D eigenvalue weighted by atomic mass is 10.0. The van der Waals surface area contributed by atoms with Crippen LogP contribution in [0.1, 0.15) is 24.4 Å². The minimum absolute atomic E-state index is 0.0548. The van der Waals surface area contributed by atoms with E-state index in [-0.39, 0.29) is 23.7 Å². The van der Waals surface area contributed by atoms with Crippen molar-refractivity contribution in [1.29, 1.82) is 0 Å². The predicted octanol–water partition coefficient (Wildman–Crippen LogP) is 2.71. The van der Waals surface area contributed by atoms with Crippen LogP contribution >= 0.6 is 0 Å². The van der Waals surface area contributed by atoms with Crippen molar-refractivity contribution in [3.63, 3.8) is 0 Å². The average molecular weight is 518 g/mol. The third-order valence-corrected chi connectivity index (χ3v) is 6.52. The van der Waals surface area contributed by atoms with Gasteiger partial charge < -0.3 is 19.1 Å². The van der Waals surface area contributed by atoms with Crippen LogP contribution in [0.2, 0.25) is 0 Å². The molecular formula is C26H29F2N3O6. The Balaban J connectivity index is 1.88. The summed E-state index contributed by atoms with van der Waals surface area (Å²) in [5, 5.41) is 0.164. The van der Waals surface area contributed by atoms with Gasteiger partial charge in [-0.15, -0.1) is 0 Å². The summed E-state index contributed by atoms with van der Waals surface area (Å²) in [6.45, 7) is -1.20. The molecule has 1 fully saturated rings. The Labute approximate surface area is 211 Å². The monoisotopic (exact) mass is 517 g/mol. The maximum atomic E-state index is 13.8. The lowest BCUT2D eigenvalue weighted by Gasteiger charge is -2.32. The number of hydrogen-bond donors (Lipinski definition) is 0. The van der Waals surface area contributed by atoms with Crippen LogP contribution in [0.25, 0.3) is 10.9 Å². The second-order valence-electron chi connectivity index (χ2n) is 8.86. The maximum Gasteiger partial charge on any atom is 0.332 e. The second kappa shape index (κ2) is 11.4. The quantitative estimate of drug-likeness (QED) is 0.384. The van der Waals surface area contributed by atoms with Gasteiger partial charge in [0.2, 0.25) is 6.41 Å². The Hall–Kier alpha value is -3.89. The van der Waals surface area contributed by atoms with Gasteiger partial charge in [0.1, 0.15) is 19.1 Å². The fourth-order valence-electron chi connectivity index (χ4n) is 4.68. The molecule has 1 atom stereocenters. The Morgan fingerprint density at radius 3 is 2.49 bits per heavy atom. The molecule has 0 N–H and O–H groups in total. The maximum absolute atomic E-state index is 13.8. The highest BCUT2D eigenvalue weighted by Gasteiger charge is 2.25. The van der Waals surface area contributed by atoms with Gasteiger partial charge in [-0.2, -0.15) is 0 Å². The largest absolute Gasteiger partial charge is 0.493 e. The standard InChI is InChI=1S/C26H29F2N3O6/c1-35-23-8-5-17(10-24(23)36-2)14-30-25(33)21-11-19(37-20(12-27)13-28)6-7-22(21)31(26(30)34)18-4-3-9-29(15-18)16-32/h5-8,10-11,16,18,20H,3-4,9,12-15H2,1-2H3. The molecule has 3 aromatic rings. The van der Waals surface area contributed by atoms with E-state index in [2.05, 4.69) is 0 Å². The molecule has 1 amide bonds. The van der Waals surface area contributed by atoms with E-state index < -0.39 is 30.7 Å². The Morgan fingerprint density at radius 1 is 1.05 bits per heavy atom. The average Bonchev–Trinajstić information content (AvgIpc) is 2.94. The number of ether oxygens (including phenoxy) is 3. The second-order valence-corrected chi connectivity index (χ2v) is 8.86. The molecule has 4 rings (SSSR count). The molecule has 37 heavy (non-hydrogen) atoms. The first-order valence-corrected chi connectivity index (χ1v) is 11.9. The van der Waals surface area contributed by atoms with E-state index in [4.69, 9.17) is 14.2 Å². The Kier molecular flexibility index (Phi) is 8.10. The highest BCUT2D eigenvalue weighted by atomic mass is 19.1. The van der Waals surface area contributed by atoms with E-state index in [1.165, 1.54) is 30.9 Å². The van der Waals surface area contributed by atoms with Crippen LogP contribution < -0.4 is 25.5 Å². The molecule has 9 nitrogen and oxygen atoms in total. The molecule has 1 aliphatic heterocycles. The highest BCUT2D eigenvalue weighted by molar-refractivity contribution is 5.80. The minimum Gasteiger partial charge on any atom is -0.493 e. The summed E-state index contributed by atoms with van der Waals surface area (Å²) in [7, 11) is 3.00. The molecule has 0 aliphatic carbocycles. The first-order chi connectivity index (χ1) is 17.9. The van der Waals surface area contributed by atoms with Gasteiger partial charge in [0, 0.05) is 13.1 Å². The van der Waals surface area contributed by atoms with Crippen molar-refractivity contribution in [2.45, 2.75) is 31.5 Å². The van der Waals surface area contributed by atoms with Crippen LogP contribution in [-0.2, 0) is 11.3 Å². The number of nitrogens with zero attached hydrogens (tertiary/aromatic N) is 3. The molecule has 198 valence electrons. The summed E-state index contributed by atoms with van der Waals surface area (Å²) in [4.78, 5) is 40.4. The van der Waals surface area contributed by atoms with E-state index in [1.54, 1.807) is 29.2 Å². The van der Waals surface area contributed by atoms with E-state index in [9.17, 15) is 23.2 Å². The van der Waals surface area contributed by atoms with Crippen LogP contribution in [0.3, 0.4) is 0 Å². The lowest BCUT2D eigenvalue weighted by Crippen LogP contribution is -2.45. The first kappa shape index (κ1) is 26.2. The van der Waals surface area contributed by atoms with Crippen molar-refractivity contribution < 1.29 is 27.8 Å². The summed E-state index contributed by atoms with van der Waals surface area (Å²) in [6.07, 6.45) is 0.788. The number of carbonyl (C=O) groups is 1. The number of benzene rings is 2. The van der Waals surface area contributed by atoms with Gasteiger partial charge >= 0.3 is 5.69 Å². The van der Waals surface area contributed by atoms with E-state index >= 15 is 0 Å². The van der Waals surface area contributed by atoms with Crippen molar-refractivity contribution >= 4 is 17.3 Å². The van der Waals surface area contributed by atoms with Crippen molar-refractivity contribution in [2.24, 2.45) is 0 Å². The summed E-state index contributed by atoms with van der Waals surface area (Å²) < 4.78 is 44.7. The fraction of sp³-hybridized carbons (Fsp3) is 0.423. The predicted molar refractivity (Wildman–Crippen MR) is 133 cm³/mol. The number of methoxy groups -OCH3 is 2. The normalized spacial score (nSPS) is 15.7. The SMILES string of the molecule is COc1ccc(Cn2c(=O)c3cc(OC(CF)CF)ccc3n(C3CCCN(C=O)C3)c2=O)cc1OC. The number of hydrogen-bond acceptors (Lipinski definition) is 6. The van der Waals surface area contributed by atoms with E-state index in [0.29, 0.717) is 48.5 Å². The number of piperidine rings is 1. The van der Waals surface area contributed by atoms with E-state index in [0.717, 1.165) is 11.0 Å². The van der Waals surface area contributed by atoms with Gasteiger partial charge in [-0.1, -0.05) is 6.07 Å². The summed E-state index contributed by atoms with van der Waals surface area (Å²) in [5.74, 6) is 1.07. The summed E-state index contributed by atoms with van der Waals surface area (Å²) in [5.41, 5.74) is -0.107. The topological polar surface area (TPSA) is 92.0 Å².